The Balaban J connectivity index is 4.65. The van der Waals surface area contributed by atoms with Gasteiger partial charge < -0.3 is 4.74 Å². The van der Waals surface area contributed by atoms with Gasteiger partial charge in [0.05, 0.1) is 18.1 Å². The van der Waals surface area contributed by atoms with Crippen molar-refractivity contribution in [2.75, 3.05) is 6.61 Å². The molecule has 0 bridgehead atoms. The van der Waals surface area contributed by atoms with Crippen molar-refractivity contribution in [3.63, 3.8) is 0 Å². The molecule has 15 heavy (non-hydrogen) atoms. The third-order valence-electron chi connectivity index (χ3n) is 2.08. The lowest BCUT2D eigenvalue weighted by atomic mass is 9.88. The van der Waals surface area contributed by atoms with Gasteiger partial charge in [-0.2, -0.15) is 8.42 Å². The third-order valence-corrected chi connectivity index (χ3v) is 2.81. The molecule has 0 saturated heterocycles. The smallest absolute Gasteiger partial charge is 0.355 e. The number of esters is 1. The lowest BCUT2D eigenvalue weighted by Crippen LogP contribution is -2.39. The molecule has 0 fully saturated rings. The third kappa shape index (κ3) is 4.81. The average molecular weight is 259 g/mol. The second-order valence-corrected chi connectivity index (χ2v) is 5.69. The summed E-state index contributed by atoms with van der Waals surface area (Å²) in [6.07, 6.45) is -0.890. The van der Waals surface area contributed by atoms with Gasteiger partial charge in [-0.05, 0) is 27.7 Å². The van der Waals surface area contributed by atoms with E-state index >= 15 is 0 Å². The van der Waals surface area contributed by atoms with E-state index in [1.165, 1.54) is 20.8 Å². The first-order valence-corrected chi connectivity index (χ1v) is 6.64. The topological polar surface area (TPSA) is 69.7 Å². The van der Waals surface area contributed by atoms with E-state index in [9.17, 15) is 13.2 Å². The van der Waals surface area contributed by atoms with Crippen molar-refractivity contribution in [3.8, 4) is 0 Å². The van der Waals surface area contributed by atoms with E-state index in [1.807, 2.05) is 0 Å². The van der Waals surface area contributed by atoms with Gasteiger partial charge in [0.1, 0.15) is 0 Å². The van der Waals surface area contributed by atoms with E-state index in [-0.39, 0.29) is 6.61 Å². The molecule has 1 atom stereocenters. The standard InChI is InChI=1S/C8H15ClO5S/c1-5-13-7(10)8(3,4)6(2)14-15(9,11)12/h6H,5H2,1-4H3. The fourth-order valence-electron chi connectivity index (χ4n) is 0.776. The van der Waals surface area contributed by atoms with Crippen LogP contribution in [0.2, 0.25) is 0 Å². The van der Waals surface area contributed by atoms with Gasteiger partial charge in [-0.15, -0.1) is 0 Å². The first-order valence-electron chi connectivity index (χ1n) is 4.41. The van der Waals surface area contributed by atoms with Gasteiger partial charge in [0.2, 0.25) is 0 Å². The molecule has 0 aromatic heterocycles. The van der Waals surface area contributed by atoms with E-state index in [4.69, 9.17) is 15.4 Å². The Labute approximate surface area is 94.3 Å². The maximum atomic E-state index is 11.5. The Hall–Kier alpha value is -0.330. The lowest BCUT2D eigenvalue weighted by molar-refractivity contribution is -0.158. The quantitative estimate of drug-likeness (QED) is 0.552. The van der Waals surface area contributed by atoms with Gasteiger partial charge >= 0.3 is 15.3 Å². The lowest BCUT2D eigenvalue weighted by Gasteiger charge is -2.27. The monoisotopic (exact) mass is 258 g/mol. The molecule has 0 heterocycles. The highest BCUT2D eigenvalue weighted by atomic mass is 35.7. The average Bonchev–Trinajstić information content (AvgIpc) is 2.01. The molecule has 1 unspecified atom stereocenters. The summed E-state index contributed by atoms with van der Waals surface area (Å²) in [6.45, 7) is 6.38. The first kappa shape index (κ1) is 14.7. The largest absolute Gasteiger partial charge is 0.466 e. The van der Waals surface area contributed by atoms with Crippen LogP contribution in [0, 0.1) is 5.41 Å². The summed E-state index contributed by atoms with van der Waals surface area (Å²) < 4.78 is 30.6. The molecule has 0 amide bonds. The molecule has 0 aromatic carbocycles. The van der Waals surface area contributed by atoms with Crippen LogP contribution < -0.4 is 0 Å². The molecule has 0 spiro atoms. The minimum absolute atomic E-state index is 0.225. The van der Waals surface area contributed by atoms with Gasteiger partial charge in [-0.1, -0.05) is 0 Å². The predicted molar refractivity (Wildman–Crippen MR) is 55.7 cm³/mol. The zero-order valence-electron chi connectivity index (χ0n) is 9.11. The van der Waals surface area contributed by atoms with Gasteiger partial charge in [0.15, 0.2) is 0 Å². The van der Waals surface area contributed by atoms with Crippen LogP contribution in [0.3, 0.4) is 0 Å². The van der Waals surface area contributed by atoms with Crippen LogP contribution in [0.5, 0.6) is 0 Å². The summed E-state index contributed by atoms with van der Waals surface area (Å²) in [5.41, 5.74) is -1.07. The highest BCUT2D eigenvalue weighted by molar-refractivity contribution is 8.10. The number of hydrogen-bond acceptors (Lipinski definition) is 5. The molecule has 0 aliphatic carbocycles. The van der Waals surface area contributed by atoms with Crippen molar-refractivity contribution in [2.45, 2.75) is 33.8 Å². The van der Waals surface area contributed by atoms with Crippen molar-refractivity contribution in [1.82, 2.24) is 0 Å². The van der Waals surface area contributed by atoms with Crippen LogP contribution >= 0.6 is 10.7 Å². The van der Waals surface area contributed by atoms with E-state index < -0.39 is 26.8 Å². The second-order valence-electron chi connectivity index (χ2n) is 3.57. The molecule has 0 saturated carbocycles. The number of halogens is 1. The number of carbonyl (C=O) groups is 1. The fourth-order valence-corrected chi connectivity index (χ4v) is 1.69. The Bertz CT molecular complexity index is 322. The molecule has 0 N–H and O–H groups in total. The number of ether oxygens (including phenoxy) is 1. The maximum Gasteiger partial charge on any atom is 0.355 e. The van der Waals surface area contributed by atoms with Gasteiger partial charge in [0.25, 0.3) is 0 Å². The molecular formula is C8H15ClO5S. The normalized spacial score (nSPS) is 14.7. The minimum Gasteiger partial charge on any atom is -0.466 e. The maximum absolute atomic E-state index is 11.5. The first-order chi connectivity index (χ1) is 6.61. The molecule has 0 rings (SSSR count). The zero-order chi connectivity index (χ0) is 12.3. The molecule has 5 nitrogen and oxygen atoms in total. The Kier molecular flexibility index (Phi) is 5.02. The molecular weight excluding hydrogens is 244 g/mol. The molecule has 0 radical (unpaired) electrons. The van der Waals surface area contributed by atoms with Gasteiger partial charge in [-0.25, -0.2) is 0 Å². The van der Waals surface area contributed by atoms with Crippen LogP contribution in [-0.4, -0.2) is 27.1 Å². The summed E-state index contributed by atoms with van der Waals surface area (Å²) in [4.78, 5) is 11.5. The Morgan fingerprint density at radius 3 is 2.27 bits per heavy atom. The van der Waals surface area contributed by atoms with E-state index in [1.54, 1.807) is 6.92 Å². The number of hydrogen-bond donors (Lipinski definition) is 0. The van der Waals surface area contributed by atoms with E-state index in [0.717, 1.165) is 0 Å². The van der Waals surface area contributed by atoms with Crippen LogP contribution in [-0.2, 0) is 23.0 Å². The highest BCUT2D eigenvalue weighted by Gasteiger charge is 2.38. The molecule has 7 heteroatoms. The fraction of sp³-hybridized carbons (Fsp3) is 0.875. The van der Waals surface area contributed by atoms with Crippen LogP contribution in [0.1, 0.15) is 27.7 Å². The summed E-state index contributed by atoms with van der Waals surface area (Å²) in [6, 6.07) is 0. The summed E-state index contributed by atoms with van der Waals surface area (Å²) in [5.74, 6) is -0.530. The summed E-state index contributed by atoms with van der Waals surface area (Å²) >= 11 is 0. The van der Waals surface area contributed by atoms with Gasteiger partial charge in [-0.3, -0.25) is 8.98 Å². The molecule has 0 aromatic rings. The minimum atomic E-state index is -4.09. The predicted octanol–water partition coefficient (Wildman–Crippen LogP) is 1.46. The van der Waals surface area contributed by atoms with Crippen molar-refractivity contribution in [1.29, 1.82) is 0 Å². The van der Waals surface area contributed by atoms with Crippen LogP contribution in [0.25, 0.3) is 0 Å². The summed E-state index contributed by atoms with van der Waals surface area (Å²) in [7, 11) is 0.823. The number of rotatable bonds is 5. The zero-order valence-corrected chi connectivity index (χ0v) is 10.7. The van der Waals surface area contributed by atoms with Crippen molar-refractivity contribution < 1.29 is 22.1 Å². The second kappa shape index (κ2) is 5.14. The van der Waals surface area contributed by atoms with E-state index in [0.29, 0.717) is 0 Å². The van der Waals surface area contributed by atoms with E-state index in [2.05, 4.69) is 4.18 Å². The van der Waals surface area contributed by atoms with Gasteiger partial charge in [0, 0.05) is 10.7 Å². The summed E-state index contributed by atoms with van der Waals surface area (Å²) in [5, 5.41) is 0. The molecule has 90 valence electrons. The SMILES string of the molecule is CCOC(=O)C(C)(C)C(C)OS(=O)(=O)Cl. The van der Waals surface area contributed by atoms with Crippen molar-refractivity contribution >= 4 is 26.0 Å². The van der Waals surface area contributed by atoms with Crippen molar-refractivity contribution in [2.24, 2.45) is 5.41 Å². The Morgan fingerprint density at radius 2 is 1.93 bits per heavy atom. The van der Waals surface area contributed by atoms with Crippen LogP contribution in [0.15, 0.2) is 0 Å². The van der Waals surface area contributed by atoms with Crippen LogP contribution in [0.4, 0.5) is 0 Å². The number of carbonyl (C=O) groups excluding carboxylic acids is 1. The van der Waals surface area contributed by atoms with Crippen molar-refractivity contribution in [3.05, 3.63) is 0 Å². The molecule has 0 aliphatic rings. The molecule has 0 aliphatic heterocycles. The Morgan fingerprint density at radius 1 is 1.47 bits per heavy atom. The highest BCUT2D eigenvalue weighted by Crippen LogP contribution is 2.27.